The summed E-state index contributed by atoms with van der Waals surface area (Å²) in [5.41, 5.74) is 3.35. The van der Waals surface area contributed by atoms with Crippen molar-refractivity contribution in [3.05, 3.63) is 40.2 Å². The number of aromatic nitrogens is 1. The normalized spacial score (nSPS) is 9.71. The van der Waals surface area contributed by atoms with Gasteiger partial charge in [-0.2, -0.15) is 0 Å². The van der Waals surface area contributed by atoms with E-state index in [0.29, 0.717) is 0 Å². The summed E-state index contributed by atoms with van der Waals surface area (Å²) in [5, 5.41) is 2.74. The van der Waals surface area contributed by atoms with Crippen LogP contribution in [0.4, 0.5) is 0 Å². The monoisotopic (exact) mass is 199 g/mol. The first-order valence-corrected chi connectivity index (χ1v) is 5.17. The standard InChI is InChI=1S/C12H9NS/c1-3-12-13-11(8-14-12)10-7-5-4-6-9(10)2/h1,4-8H,2H3. The van der Waals surface area contributed by atoms with Crippen LogP contribution in [0.25, 0.3) is 11.3 Å². The molecule has 1 nitrogen and oxygen atoms in total. The molecule has 2 aromatic rings. The van der Waals surface area contributed by atoms with Gasteiger partial charge in [0.1, 0.15) is 0 Å². The lowest BCUT2D eigenvalue weighted by atomic mass is 10.1. The fourth-order valence-electron chi connectivity index (χ4n) is 1.32. The minimum absolute atomic E-state index is 0.739. The number of aryl methyl sites for hydroxylation is 1. The third kappa shape index (κ3) is 1.55. The van der Waals surface area contributed by atoms with Crippen LogP contribution < -0.4 is 0 Å². The van der Waals surface area contributed by atoms with E-state index in [4.69, 9.17) is 6.42 Å². The quantitative estimate of drug-likeness (QED) is 0.643. The zero-order valence-corrected chi connectivity index (χ0v) is 8.64. The van der Waals surface area contributed by atoms with E-state index in [-0.39, 0.29) is 0 Å². The van der Waals surface area contributed by atoms with Crippen molar-refractivity contribution in [2.45, 2.75) is 6.92 Å². The molecule has 0 bridgehead atoms. The molecule has 1 aromatic carbocycles. The first-order valence-electron chi connectivity index (χ1n) is 4.29. The average molecular weight is 199 g/mol. The van der Waals surface area contributed by atoms with Crippen molar-refractivity contribution in [3.8, 4) is 23.6 Å². The first kappa shape index (κ1) is 8.98. The van der Waals surface area contributed by atoms with Crippen LogP contribution >= 0.6 is 11.3 Å². The van der Waals surface area contributed by atoms with E-state index in [0.717, 1.165) is 16.3 Å². The van der Waals surface area contributed by atoms with Crippen LogP contribution in [-0.4, -0.2) is 4.98 Å². The van der Waals surface area contributed by atoms with Gasteiger partial charge in [-0.3, -0.25) is 0 Å². The third-order valence-electron chi connectivity index (χ3n) is 2.05. The van der Waals surface area contributed by atoms with Crippen molar-refractivity contribution >= 4 is 11.3 Å². The van der Waals surface area contributed by atoms with E-state index in [1.807, 2.05) is 17.5 Å². The van der Waals surface area contributed by atoms with Gasteiger partial charge in [-0.05, 0) is 18.4 Å². The summed E-state index contributed by atoms with van der Waals surface area (Å²) in [4.78, 5) is 4.34. The van der Waals surface area contributed by atoms with E-state index in [1.165, 1.54) is 16.9 Å². The van der Waals surface area contributed by atoms with Crippen LogP contribution in [0.1, 0.15) is 10.6 Å². The summed E-state index contributed by atoms with van der Waals surface area (Å²) < 4.78 is 0. The van der Waals surface area contributed by atoms with Crippen LogP contribution in [-0.2, 0) is 0 Å². The molecule has 0 saturated heterocycles. The Kier molecular flexibility index (Phi) is 2.34. The number of rotatable bonds is 1. The fourth-order valence-corrected chi connectivity index (χ4v) is 1.95. The van der Waals surface area contributed by atoms with E-state index < -0.39 is 0 Å². The largest absolute Gasteiger partial charge is 0.228 e. The summed E-state index contributed by atoms with van der Waals surface area (Å²) in [6.07, 6.45) is 5.28. The zero-order valence-electron chi connectivity index (χ0n) is 7.82. The van der Waals surface area contributed by atoms with Gasteiger partial charge in [-0.25, -0.2) is 4.98 Å². The zero-order chi connectivity index (χ0) is 9.97. The average Bonchev–Trinajstić information content (AvgIpc) is 2.67. The van der Waals surface area contributed by atoms with Gasteiger partial charge in [-0.15, -0.1) is 17.8 Å². The molecule has 2 heteroatoms. The van der Waals surface area contributed by atoms with E-state index in [9.17, 15) is 0 Å². The molecule has 2 rings (SSSR count). The molecule has 0 saturated carbocycles. The summed E-state index contributed by atoms with van der Waals surface area (Å²) in [5.74, 6) is 2.54. The highest BCUT2D eigenvalue weighted by Crippen LogP contribution is 2.24. The molecule has 0 fully saturated rings. The number of hydrogen-bond donors (Lipinski definition) is 0. The predicted molar refractivity (Wildman–Crippen MR) is 60.2 cm³/mol. The highest BCUT2D eigenvalue weighted by atomic mass is 32.1. The summed E-state index contributed by atoms with van der Waals surface area (Å²) in [7, 11) is 0. The Morgan fingerprint density at radius 2 is 2.14 bits per heavy atom. The predicted octanol–water partition coefficient (Wildman–Crippen LogP) is 3.10. The Hall–Kier alpha value is -1.59. The second-order valence-electron chi connectivity index (χ2n) is 3.00. The van der Waals surface area contributed by atoms with Crippen molar-refractivity contribution in [2.24, 2.45) is 0 Å². The summed E-state index contributed by atoms with van der Waals surface area (Å²) >= 11 is 1.51. The topological polar surface area (TPSA) is 12.9 Å². The lowest BCUT2D eigenvalue weighted by molar-refractivity contribution is 1.35. The fraction of sp³-hybridized carbons (Fsp3) is 0.0833. The van der Waals surface area contributed by atoms with Crippen molar-refractivity contribution in [2.75, 3.05) is 0 Å². The van der Waals surface area contributed by atoms with Crippen LogP contribution in [0.2, 0.25) is 0 Å². The Labute approximate surface area is 87.4 Å². The summed E-state index contributed by atoms with van der Waals surface area (Å²) in [6, 6.07) is 8.17. The molecular weight excluding hydrogens is 190 g/mol. The van der Waals surface area contributed by atoms with Crippen LogP contribution in [0, 0.1) is 19.3 Å². The lowest BCUT2D eigenvalue weighted by Crippen LogP contribution is -1.82. The molecule has 0 N–H and O–H groups in total. The van der Waals surface area contributed by atoms with Crippen LogP contribution in [0.5, 0.6) is 0 Å². The number of nitrogens with zero attached hydrogens (tertiary/aromatic N) is 1. The maximum Gasteiger partial charge on any atom is 0.167 e. The highest BCUT2D eigenvalue weighted by molar-refractivity contribution is 7.10. The lowest BCUT2D eigenvalue weighted by Gasteiger charge is -1.99. The molecule has 0 aliphatic rings. The number of terminal acetylenes is 1. The van der Waals surface area contributed by atoms with Gasteiger partial charge >= 0.3 is 0 Å². The van der Waals surface area contributed by atoms with Gasteiger partial charge in [0.2, 0.25) is 0 Å². The van der Waals surface area contributed by atoms with E-state index in [1.54, 1.807) is 0 Å². The Balaban J connectivity index is 2.51. The van der Waals surface area contributed by atoms with Gasteiger partial charge in [0.15, 0.2) is 5.01 Å². The molecule has 1 heterocycles. The van der Waals surface area contributed by atoms with Gasteiger partial charge in [-0.1, -0.05) is 24.3 Å². The van der Waals surface area contributed by atoms with Gasteiger partial charge in [0, 0.05) is 10.9 Å². The van der Waals surface area contributed by atoms with E-state index >= 15 is 0 Å². The van der Waals surface area contributed by atoms with Crippen molar-refractivity contribution < 1.29 is 0 Å². The van der Waals surface area contributed by atoms with Gasteiger partial charge in [0.25, 0.3) is 0 Å². The van der Waals surface area contributed by atoms with Crippen molar-refractivity contribution in [1.29, 1.82) is 0 Å². The molecular formula is C12H9NS. The van der Waals surface area contributed by atoms with E-state index in [2.05, 4.69) is 30.0 Å². The minimum atomic E-state index is 0.739. The summed E-state index contributed by atoms with van der Waals surface area (Å²) in [6.45, 7) is 2.07. The Morgan fingerprint density at radius 1 is 1.36 bits per heavy atom. The number of benzene rings is 1. The minimum Gasteiger partial charge on any atom is -0.228 e. The molecule has 0 amide bonds. The molecule has 0 atom stereocenters. The molecule has 68 valence electrons. The van der Waals surface area contributed by atoms with Gasteiger partial charge in [0.05, 0.1) is 5.69 Å². The van der Waals surface area contributed by atoms with Gasteiger partial charge < -0.3 is 0 Å². The maximum atomic E-state index is 5.28. The third-order valence-corrected chi connectivity index (χ3v) is 2.82. The highest BCUT2D eigenvalue weighted by Gasteiger charge is 2.04. The molecule has 0 aliphatic carbocycles. The smallest absolute Gasteiger partial charge is 0.167 e. The van der Waals surface area contributed by atoms with Crippen LogP contribution in [0.15, 0.2) is 29.6 Å². The molecule has 1 aromatic heterocycles. The molecule has 0 aliphatic heterocycles. The van der Waals surface area contributed by atoms with Crippen molar-refractivity contribution in [3.63, 3.8) is 0 Å². The second-order valence-corrected chi connectivity index (χ2v) is 3.86. The Morgan fingerprint density at radius 3 is 2.79 bits per heavy atom. The molecule has 0 radical (unpaired) electrons. The maximum absolute atomic E-state index is 5.28. The van der Waals surface area contributed by atoms with Crippen LogP contribution in [0.3, 0.4) is 0 Å². The molecule has 14 heavy (non-hydrogen) atoms. The Bertz CT molecular complexity index is 491. The SMILES string of the molecule is C#Cc1nc(-c2ccccc2C)cs1. The van der Waals surface area contributed by atoms with Crippen molar-refractivity contribution in [1.82, 2.24) is 4.98 Å². The number of hydrogen-bond acceptors (Lipinski definition) is 2. The molecule has 0 unspecified atom stereocenters. The second kappa shape index (κ2) is 3.65. The first-order chi connectivity index (χ1) is 6.81. The number of thiazole rings is 1. The molecule has 0 spiro atoms.